The SMILES string of the molecule is CC(C)c1ccc(C2CC(=O)C2)cc1. The summed E-state index contributed by atoms with van der Waals surface area (Å²) in [6, 6.07) is 8.71. The van der Waals surface area contributed by atoms with E-state index in [1.807, 2.05) is 0 Å². The normalized spacial score (nSPS) is 17.2. The van der Waals surface area contributed by atoms with Crippen LogP contribution in [0.1, 0.15) is 49.7 Å². The van der Waals surface area contributed by atoms with Crippen molar-refractivity contribution in [1.82, 2.24) is 0 Å². The Bertz CT molecular complexity index is 327. The molecule has 0 bridgehead atoms. The molecule has 0 radical (unpaired) electrons. The number of benzene rings is 1. The zero-order chi connectivity index (χ0) is 10.1. The van der Waals surface area contributed by atoms with E-state index in [-0.39, 0.29) is 0 Å². The van der Waals surface area contributed by atoms with Crippen molar-refractivity contribution in [3.63, 3.8) is 0 Å². The zero-order valence-electron chi connectivity index (χ0n) is 8.79. The van der Waals surface area contributed by atoms with Crippen LogP contribution in [0.25, 0.3) is 0 Å². The van der Waals surface area contributed by atoms with Crippen molar-refractivity contribution in [2.24, 2.45) is 0 Å². The van der Waals surface area contributed by atoms with Gasteiger partial charge >= 0.3 is 0 Å². The molecule has 1 aliphatic carbocycles. The first-order chi connectivity index (χ1) is 6.66. The summed E-state index contributed by atoms with van der Waals surface area (Å²) in [7, 11) is 0. The molecular weight excluding hydrogens is 172 g/mol. The standard InChI is InChI=1S/C13H16O/c1-9(2)10-3-5-11(6-4-10)12-7-13(14)8-12/h3-6,9,12H,7-8H2,1-2H3. The lowest BCUT2D eigenvalue weighted by Crippen LogP contribution is -2.20. The van der Waals surface area contributed by atoms with Crippen LogP contribution in [0, 0.1) is 0 Å². The molecule has 14 heavy (non-hydrogen) atoms. The van der Waals surface area contributed by atoms with Crippen LogP contribution < -0.4 is 0 Å². The molecule has 0 spiro atoms. The first-order valence-corrected chi connectivity index (χ1v) is 5.28. The summed E-state index contributed by atoms with van der Waals surface area (Å²) in [6.07, 6.45) is 1.50. The number of carbonyl (C=O) groups excluding carboxylic acids is 1. The Labute approximate surface area is 85.1 Å². The summed E-state index contributed by atoms with van der Waals surface area (Å²) in [5, 5.41) is 0. The highest BCUT2D eigenvalue weighted by atomic mass is 16.1. The smallest absolute Gasteiger partial charge is 0.134 e. The summed E-state index contributed by atoms with van der Waals surface area (Å²) in [6.45, 7) is 4.39. The average Bonchev–Trinajstić information content (AvgIpc) is 2.13. The molecule has 1 saturated carbocycles. The van der Waals surface area contributed by atoms with Gasteiger partial charge in [0.05, 0.1) is 0 Å². The Balaban J connectivity index is 2.10. The Kier molecular flexibility index (Phi) is 2.40. The van der Waals surface area contributed by atoms with Crippen LogP contribution in [-0.4, -0.2) is 5.78 Å². The van der Waals surface area contributed by atoms with Crippen molar-refractivity contribution in [2.75, 3.05) is 0 Å². The van der Waals surface area contributed by atoms with Gasteiger partial charge in [-0.2, -0.15) is 0 Å². The first-order valence-electron chi connectivity index (χ1n) is 5.28. The molecule has 0 saturated heterocycles. The number of carbonyl (C=O) groups is 1. The largest absolute Gasteiger partial charge is 0.300 e. The fourth-order valence-corrected chi connectivity index (χ4v) is 1.88. The minimum Gasteiger partial charge on any atom is -0.300 e. The molecule has 0 unspecified atom stereocenters. The van der Waals surface area contributed by atoms with Gasteiger partial charge in [0, 0.05) is 12.8 Å². The van der Waals surface area contributed by atoms with Crippen molar-refractivity contribution < 1.29 is 4.79 Å². The molecule has 0 heterocycles. The lowest BCUT2D eigenvalue weighted by molar-refractivity contribution is -0.124. The predicted octanol–water partition coefficient (Wildman–Crippen LogP) is 3.26. The topological polar surface area (TPSA) is 17.1 Å². The highest BCUT2D eigenvalue weighted by molar-refractivity contribution is 5.86. The van der Waals surface area contributed by atoms with E-state index >= 15 is 0 Å². The minimum atomic E-state index is 0.405. The third-order valence-corrected chi connectivity index (χ3v) is 3.02. The monoisotopic (exact) mass is 188 g/mol. The van der Waals surface area contributed by atoms with Crippen LogP contribution in [0.3, 0.4) is 0 Å². The molecule has 1 aliphatic rings. The number of hydrogen-bond acceptors (Lipinski definition) is 1. The van der Waals surface area contributed by atoms with Crippen molar-refractivity contribution in [2.45, 2.75) is 38.5 Å². The lowest BCUT2D eigenvalue weighted by atomic mass is 9.78. The van der Waals surface area contributed by atoms with E-state index in [1.165, 1.54) is 11.1 Å². The van der Waals surface area contributed by atoms with Gasteiger partial charge in [-0.3, -0.25) is 4.79 Å². The minimum absolute atomic E-state index is 0.405. The van der Waals surface area contributed by atoms with Gasteiger partial charge in [-0.15, -0.1) is 0 Å². The van der Waals surface area contributed by atoms with E-state index in [1.54, 1.807) is 0 Å². The van der Waals surface area contributed by atoms with Gasteiger partial charge in [0.15, 0.2) is 0 Å². The van der Waals surface area contributed by atoms with Crippen LogP contribution in [0.2, 0.25) is 0 Å². The molecule has 1 nitrogen and oxygen atoms in total. The molecule has 2 rings (SSSR count). The van der Waals surface area contributed by atoms with Gasteiger partial charge in [-0.1, -0.05) is 38.1 Å². The molecule has 0 aromatic heterocycles. The summed E-state index contributed by atoms with van der Waals surface area (Å²) >= 11 is 0. The molecule has 1 aromatic carbocycles. The maximum Gasteiger partial charge on any atom is 0.134 e. The molecule has 0 atom stereocenters. The van der Waals surface area contributed by atoms with Crippen molar-refractivity contribution in [3.05, 3.63) is 35.4 Å². The van der Waals surface area contributed by atoms with E-state index in [0.29, 0.717) is 17.6 Å². The molecule has 0 N–H and O–H groups in total. The highest BCUT2D eigenvalue weighted by Crippen LogP contribution is 2.33. The van der Waals surface area contributed by atoms with Gasteiger partial charge in [-0.05, 0) is 23.0 Å². The van der Waals surface area contributed by atoms with Crippen LogP contribution in [0.15, 0.2) is 24.3 Å². The van der Waals surface area contributed by atoms with Crippen LogP contribution in [0.4, 0.5) is 0 Å². The fourth-order valence-electron chi connectivity index (χ4n) is 1.88. The molecule has 0 aliphatic heterocycles. The molecule has 0 amide bonds. The van der Waals surface area contributed by atoms with E-state index in [0.717, 1.165) is 12.8 Å². The highest BCUT2D eigenvalue weighted by Gasteiger charge is 2.27. The molecule has 1 fully saturated rings. The molecule has 1 aromatic rings. The predicted molar refractivity (Wildman–Crippen MR) is 57.5 cm³/mol. The average molecular weight is 188 g/mol. The maximum absolute atomic E-state index is 10.9. The number of hydrogen-bond donors (Lipinski definition) is 0. The molecule has 1 heteroatoms. The Morgan fingerprint density at radius 2 is 1.71 bits per heavy atom. The zero-order valence-corrected chi connectivity index (χ0v) is 8.79. The summed E-state index contributed by atoms with van der Waals surface area (Å²) in [5.41, 5.74) is 2.70. The van der Waals surface area contributed by atoms with Crippen LogP contribution in [0.5, 0.6) is 0 Å². The molecule has 74 valence electrons. The quantitative estimate of drug-likeness (QED) is 0.696. The van der Waals surface area contributed by atoms with Gasteiger partial charge in [0.25, 0.3) is 0 Å². The third kappa shape index (κ3) is 1.72. The van der Waals surface area contributed by atoms with E-state index in [9.17, 15) is 4.79 Å². The summed E-state index contributed by atoms with van der Waals surface area (Å²) in [5.74, 6) is 1.50. The third-order valence-electron chi connectivity index (χ3n) is 3.02. The summed E-state index contributed by atoms with van der Waals surface area (Å²) < 4.78 is 0. The van der Waals surface area contributed by atoms with Crippen LogP contribution >= 0.6 is 0 Å². The second kappa shape index (κ2) is 3.56. The van der Waals surface area contributed by atoms with E-state index in [4.69, 9.17) is 0 Å². The van der Waals surface area contributed by atoms with Gasteiger partial charge < -0.3 is 0 Å². The van der Waals surface area contributed by atoms with E-state index < -0.39 is 0 Å². The molecular formula is C13H16O. The Hall–Kier alpha value is -1.11. The lowest BCUT2D eigenvalue weighted by Gasteiger charge is -2.24. The number of Topliss-reactive ketones (excluding diaryl/α,β-unsaturated/α-hetero) is 1. The van der Waals surface area contributed by atoms with Crippen molar-refractivity contribution in [3.8, 4) is 0 Å². The number of ketones is 1. The van der Waals surface area contributed by atoms with Gasteiger partial charge in [-0.25, -0.2) is 0 Å². The fraction of sp³-hybridized carbons (Fsp3) is 0.462. The second-order valence-corrected chi connectivity index (χ2v) is 4.47. The Morgan fingerprint density at radius 1 is 1.14 bits per heavy atom. The van der Waals surface area contributed by atoms with E-state index in [2.05, 4.69) is 38.1 Å². The second-order valence-electron chi connectivity index (χ2n) is 4.47. The van der Waals surface area contributed by atoms with Gasteiger partial charge in [0.1, 0.15) is 5.78 Å². The number of rotatable bonds is 2. The maximum atomic E-state index is 10.9. The Morgan fingerprint density at radius 3 is 2.14 bits per heavy atom. The van der Waals surface area contributed by atoms with Crippen molar-refractivity contribution >= 4 is 5.78 Å². The summed E-state index contributed by atoms with van der Waals surface area (Å²) in [4.78, 5) is 10.9. The van der Waals surface area contributed by atoms with Crippen molar-refractivity contribution in [1.29, 1.82) is 0 Å². The first kappa shape index (κ1) is 9.45. The van der Waals surface area contributed by atoms with Gasteiger partial charge in [0.2, 0.25) is 0 Å². The van der Waals surface area contributed by atoms with Crippen LogP contribution in [-0.2, 0) is 4.79 Å².